The number of nitrogens with zero attached hydrogens (tertiary/aromatic N) is 3. The molecule has 4 atom stereocenters. The fourth-order valence-electron chi connectivity index (χ4n) is 5.48. The van der Waals surface area contributed by atoms with Gasteiger partial charge in [0.15, 0.2) is 0 Å². The van der Waals surface area contributed by atoms with E-state index in [1.54, 1.807) is 11.8 Å². The highest BCUT2D eigenvalue weighted by molar-refractivity contribution is 7.99. The van der Waals surface area contributed by atoms with Crippen LogP contribution in [0.25, 0.3) is 0 Å². The molecule has 3 aromatic rings. The highest BCUT2D eigenvalue weighted by atomic mass is 32.2. The Kier molecular flexibility index (Phi) is 7.24. The van der Waals surface area contributed by atoms with Gasteiger partial charge in [-0.2, -0.15) is 0 Å². The maximum Gasteiger partial charge on any atom is 0.573 e. The zero-order valence-electron chi connectivity index (χ0n) is 21.6. The van der Waals surface area contributed by atoms with Crippen LogP contribution in [0.3, 0.4) is 0 Å². The molecule has 1 saturated carbocycles. The SMILES string of the molecule is CN=S(=O)(NC1CN(C2CC2)CC(N2c3ccccc3Sc3ccccc32)C1O)c1ccc(OC(F)(F)F)cc1. The minimum absolute atomic E-state index is 0.210. The number of benzene rings is 3. The smallest absolute Gasteiger partial charge is 0.406 e. The molecule has 2 fully saturated rings. The van der Waals surface area contributed by atoms with E-state index in [9.17, 15) is 22.5 Å². The number of aliphatic hydroxyl groups is 1. The number of rotatable bonds is 6. The summed E-state index contributed by atoms with van der Waals surface area (Å²) in [6.45, 7) is 1.10. The van der Waals surface area contributed by atoms with Gasteiger partial charge in [-0.25, -0.2) is 13.3 Å². The van der Waals surface area contributed by atoms with E-state index >= 15 is 0 Å². The zero-order valence-corrected chi connectivity index (χ0v) is 23.3. The molecule has 12 heteroatoms. The second kappa shape index (κ2) is 10.6. The summed E-state index contributed by atoms with van der Waals surface area (Å²) < 4.78 is 63.1. The van der Waals surface area contributed by atoms with Crippen LogP contribution in [-0.4, -0.2) is 64.9 Å². The van der Waals surface area contributed by atoms with Gasteiger partial charge in [0, 0.05) is 36.0 Å². The average Bonchev–Trinajstić information content (AvgIpc) is 3.78. The van der Waals surface area contributed by atoms with Crippen molar-refractivity contribution in [3.63, 3.8) is 0 Å². The molecule has 0 amide bonds. The maximum absolute atomic E-state index is 14.1. The molecule has 2 N–H and O–H groups in total. The largest absolute Gasteiger partial charge is 0.573 e. The lowest BCUT2D eigenvalue weighted by molar-refractivity contribution is -0.274. The van der Waals surface area contributed by atoms with Gasteiger partial charge in [0.2, 0.25) is 0 Å². The summed E-state index contributed by atoms with van der Waals surface area (Å²) in [4.78, 5) is 6.92. The second-order valence-electron chi connectivity index (χ2n) is 10.1. The number of piperidine rings is 1. The van der Waals surface area contributed by atoms with Gasteiger partial charge in [-0.1, -0.05) is 36.0 Å². The van der Waals surface area contributed by atoms with Crippen molar-refractivity contribution in [1.29, 1.82) is 0 Å². The topological polar surface area (TPSA) is 77.4 Å². The first-order valence-electron chi connectivity index (χ1n) is 13.0. The molecule has 1 aliphatic carbocycles. The van der Waals surface area contributed by atoms with Gasteiger partial charge in [0.1, 0.15) is 15.7 Å². The quantitative estimate of drug-likeness (QED) is 0.399. The number of likely N-dealkylation sites (tertiary alicyclic amines) is 1. The molecule has 3 aromatic carbocycles. The van der Waals surface area contributed by atoms with E-state index in [1.165, 1.54) is 19.2 Å². The van der Waals surface area contributed by atoms with Crippen LogP contribution in [0.4, 0.5) is 24.5 Å². The van der Waals surface area contributed by atoms with Gasteiger partial charge in [-0.05, 0) is 61.4 Å². The number of ether oxygens (including phenoxy) is 1. The van der Waals surface area contributed by atoms with Crippen LogP contribution >= 0.6 is 11.8 Å². The fourth-order valence-corrected chi connectivity index (χ4v) is 8.13. The minimum Gasteiger partial charge on any atom is -0.406 e. The predicted octanol–water partition coefficient (Wildman–Crippen LogP) is 5.43. The number of aliphatic hydroxyl groups excluding tert-OH is 1. The molecule has 6 rings (SSSR count). The predicted molar refractivity (Wildman–Crippen MR) is 148 cm³/mol. The van der Waals surface area contributed by atoms with Crippen molar-refractivity contribution in [3.05, 3.63) is 72.8 Å². The lowest BCUT2D eigenvalue weighted by Crippen LogP contribution is -2.65. The van der Waals surface area contributed by atoms with Gasteiger partial charge >= 0.3 is 6.36 Å². The highest BCUT2D eigenvalue weighted by Gasteiger charge is 2.46. The molecule has 0 spiro atoms. The maximum atomic E-state index is 14.1. The second-order valence-corrected chi connectivity index (χ2v) is 13.3. The van der Waals surface area contributed by atoms with Crippen molar-refractivity contribution < 1.29 is 27.2 Å². The number of alkyl halides is 3. The third kappa shape index (κ3) is 5.42. The molecule has 4 unspecified atom stereocenters. The lowest BCUT2D eigenvalue weighted by atomic mass is 9.94. The van der Waals surface area contributed by atoms with Crippen molar-refractivity contribution in [2.24, 2.45) is 4.36 Å². The molecular weight excluding hydrogens is 561 g/mol. The Labute approximate surface area is 235 Å². The number of hydrogen-bond donors (Lipinski definition) is 2. The highest BCUT2D eigenvalue weighted by Crippen LogP contribution is 2.50. The summed E-state index contributed by atoms with van der Waals surface area (Å²) in [5.41, 5.74) is 2.01. The third-order valence-electron chi connectivity index (χ3n) is 7.47. The summed E-state index contributed by atoms with van der Waals surface area (Å²) in [6, 6.07) is 20.5. The number of hydrogen-bond acceptors (Lipinski definition) is 7. The molecule has 7 nitrogen and oxygen atoms in total. The normalized spacial score (nSPS) is 24.5. The van der Waals surface area contributed by atoms with E-state index in [4.69, 9.17) is 0 Å². The number of nitrogens with one attached hydrogen (secondary N) is 1. The Morgan fingerprint density at radius 3 is 2.12 bits per heavy atom. The van der Waals surface area contributed by atoms with Crippen molar-refractivity contribution in [1.82, 2.24) is 9.62 Å². The number of para-hydroxylation sites is 2. The fraction of sp³-hybridized carbons (Fsp3) is 0.357. The van der Waals surface area contributed by atoms with E-state index in [0.717, 1.165) is 46.1 Å². The van der Waals surface area contributed by atoms with Crippen LogP contribution in [0.2, 0.25) is 0 Å². The van der Waals surface area contributed by atoms with Crippen molar-refractivity contribution in [2.45, 2.75) is 58.1 Å². The lowest BCUT2D eigenvalue weighted by Gasteiger charge is -2.48. The van der Waals surface area contributed by atoms with Gasteiger partial charge < -0.3 is 14.7 Å². The zero-order chi connectivity index (χ0) is 28.1. The van der Waals surface area contributed by atoms with Crippen LogP contribution in [0.15, 0.2) is 91.8 Å². The van der Waals surface area contributed by atoms with Gasteiger partial charge in [-0.3, -0.25) is 4.90 Å². The number of anilines is 2. The van der Waals surface area contributed by atoms with Crippen molar-refractivity contribution in [2.75, 3.05) is 25.0 Å². The Balaban J connectivity index is 1.33. The molecule has 40 heavy (non-hydrogen) atoms. The van der Waals surface area contributed by atoms with Gasteiger partial charge in [0.25, 0.3) is 0 Å². The molecule has 0 bridgehead atoms. The Hall–Kier alpha value is -2.77. The summed E-state index contributed by atoms with van der Waals surface area (Å²) in [5.74, 6) is -0.410. The Bertz CT molecular complexity index is 1460. The monoisotopic (exact) mass is 590 g/mol. The molecule has 0 radical (unpaired) electrons. The van der Waals surface area contributed by atoms with Crippen LogP contribution < -0.4 is 14.4 Å². The summed E-state index contributed by atoms with van der Waals surface area (Å²) in [6.07, 6.45) is -3.62. The summed E-state index contributed by atoms with van der Waals surface area (Å²) in [5, 5.41) is 11.9. The first-order valence-corrected chi connectivity index (χ1v) is 15.3. The molecule has 1 saturated heterocycles. The molecule has 2 aliphatic heterocycles. The van der Waals surface area contributed by atoms with Gasteiger partial charge in [-0.15, -0.1) is 13.2 Å². The van der Waals surface area contributed by atoms with Crippen molar-refractivity contribution >= 4 is 33.1 Å². The van der Waals surface area contributed by atoms with Gasteiger partial charge in [0.05, 0.1) is 34.5 Å². The number of halogens is 3. The average molecular weight is 591 g/mol. The molecule has 2 heterocycles. The molecular formula is C28H29F3N4O3S2. The Morgan fingerprint density at radius 2 is 1.57 bits per heavy atom. The van der Waals surface area contributed by atoms with Crippen LogP contribution in [0.5, 0.6) is 5.75 Å². The van der Waals surface area contributed by atoms with E-state index in [-0.39, 0.29) is 10.9 Å². The molecule has 212 valence electrons. The van der Waals surface area contributed by atoms with Crippen LogP contribution in [0, 0.1) is 0 Å². The van der Waals surface area contributed by atoms with E-state index < -0.39 is 34.2 Å². The number of fused-ring (bicyclic) bond motifs is 2. The first-order chi connectivity index (χ1) is 19.1. The van der Waals surface area contributed by atoms with Crippen molar-refractivity contribution in [3.8, 4) is 5.75 Å². The molecule has 0 aromatic heterocycles. The summed E-state index contributed by atoms with van der Waals surface area (Å²) in [7, 11) is -1.88. The van der Waals surface area contributed by atoms with Crippen LogP contribution in [0.1, 0.15) is 12.8 Å². The van der Waals surface area contributed by atoms with E-state index in [1.807, 2.05) is 24.3 Å². The third-order valence-corrected chi connectivity index (χ3v) is 10.6. The molecule has 3 aliphatic rings. The Morgan fingerprint density at radius 1 is 0.975 bits per heavy atom. The van der Waals surface area contributed by atoms with E-state index in [0.29, 0.717) is 19.1 Å². The van der Waals surface area contributed by atoms with Crippen LogP contribution in [-0.2, 0) is 9.92 Å². The van der Waals surface area contributed by atoms with E-state index in [2.05, 4.69) is 47.9 Å². The first kappa shape index (κ1) is 27.4. The minimum atomic E-state index is -4.83. The standard InChI is InChI=1S/C28H29F3N4O3S2/c1-32-40(37,20-14-12-19(13-15-20)38-28(29,30)31)33-21-16-34(18-10-11-18)17-24(27(21)36)35-22-6-2-4-8-25(22)39-26-9-5-3-7-23(26)35/h2-9,12-15,18,21,24,27,36H,10-11,16-17H2,1H3,(H,32,33,37). The summed E-state index contributed by atoms with van der Waals surface area (Å²) >= 11 is 1.69.